The number of anilines is 1. The molecular formula is C12H12N2O4S2. The van der Waals surface area contributed by atoms with Gasteiger partial charge in [-0.05, 0) is 30.3 Å². The van der Waals surface area contributed by atoms with E-state index in [9.17, 15) is 16.8 Å². The number of sulfonamides is 2. The highest BCUT2D eigenvalue weighted by molar-refractivity contribution is 7.92. The van der Waals surface area contributed by atoms with Gasteiger partial charge in [-0.2, -0.15) is 0 Å². The van der Waals surface area contributed by atoms with Crippen molar-refractivity contribution in [2.24, 2.45) is 5.14 Å². The van der Waals surface area contributed by atoms with E-state index in [4.69, 9.17) is 5.14 Å². The number of rotatable bonds is 4. The fraction of sp³-hybridized carbons (Fsp3) is 0. The van der Waals surface area contributed by atoms with Gasteiger partial charge < -0.3 is 0 Å². The van der Waals surface area contributed by atoms with Crippen LogP contribution in [-0.2, 0) is 20.0 Å². The van der Waals surface area contributed by atoms with E-state index in [1.807, 2.05) is 0 Å². The minimum Gasteiger partial charge on any atom is -0.280 e. The number of primary sulfonamides is 1. The number of nitrogens with two attached hydrogens (primary N) is 1. The van der Waals surface area contributed by atoms with Gasteiger partial charge in [0.1, 0.15) is 0 Å². The fourth-order valence-electron chi connectivity index (χ4n) is 1.55. The van der Waals surface area contributed by atoms with E-state index in [2.05, 4.69) is 4.72 Å². The van der Waals surface area contributed by atoms with Crippen LogP contribution >= 0.6 is 0 Å². The molecule has 0 radical (unpaired) electrons. The summed E-state index contributed by atoms with van der Waals surface area (Å²) in [5.41, 5.74) is 0.125. The Morgan fingerprint density at radius 1 is 0.800 bits per heavy atom. The molecule has 2 aromatic rings. The molecule has 2 rings (SSSR count). The summed E-state index contributed by atoms with van der Waals surface area (Å²) in [6.45, 7) is 0. The first kappa shape index (κ1) is 14.5. The summed E-state index contributed by atoms with van der Waals surface area (Å²) in [7, 11) is -7.64. The second-order valence-electron chi connectivity index (χ2n) is 3.99. The third-order valence-electron chi connectivity index (χ3n) is 2.47. The Morgan fingerprint density at radius 2 is 1.40 bits per heavy atom. The predicted octanol–water partition coefficient (Wildman–Crippen LogP) is 1.13. The summed E-state index contributed by atoms with van der Waals surface area (Å²) in [6, 6.07) is 13.0. The molecule has 0 spiro atoms. The number of hydrogen-bond donors (Lipinski definition) is 2. The van der Waals surface area contributed by atoms with E-state index in [-0.39, 0.29) is 15.5 Å². The Balaban J connectivity index is 2.36. The van der Waals surface area contributed by atoms with Gasteiger partial charge in [0.2, 0.25) is 10.0 Å². The second kappa shape index (κ2) is 5.23. The lowest BCUT2D eigenvalue weighted by Gasteiger charge is -2.08. The van der Waals surface area contributed by atoms with Crippen LogP contribution in [0.4, 0.5) is 5.69 Å². The summed E-state index contributed by atoms with van der Waals surface area (Å²) in [4.78, 5) is -0.0771. The first-order chi connectivity index (χ1) is 9.29. The van der Waals surface area contributed by atoms with Crippen LogP contribution in [-0.4, -0.2) is 16.8 Å². The van der Waals surface area contributed by atoms with Gasteiger partial charge in [0.05, 0.1) is 15.5 Å². The van der Waals surface area contributed by atoms with E-state index >= 15 is 0 Å². The molecule has 0 aliphatic carbocycles. The zero-order valence-electron chi connectivity index (χ0n) is 10.2. The minimum absolute atomic E-state index is 0.0843. The van der Waals surface area contributed by atoms with E-state index in [1.54, 1.807) is 18.2 Å². The topological polar surface area (TPSA) is 106 Å². The molecule has 0 unspecified atom stereocenters. The standard InChI is InChI=1S/C12H12N2O4S2/c13-19(15,16)12-8-4-5-10(9-12)14-20(17,18)11-6-2-1-3-7-11/h1-9,14H,(H2,13,15,16). The summed E-state index contributed by atoms with van der Waals surface area (Å²) in [5, 5.41) is 5.00. The Morgan fingerprint density at radius 3 is 2.00 bits per heavy atom. The van der Waals surface area contributed by atoms with Crippen molar-refractivity contribution >= 4 is 25.7 Å². The van der Waals surface area contributed by atoms with Gasteiger partial charge in [-0.25, -0.2) is 22.0 Å². The molecule has 0 fully saturated rings. The molecule has 0 atom stereocenters. The molecule has 0 aromatic heterocycles. The lowest BCUT2D eigenvalue weighted by Crippen LogP contribution is -2.15. The van der Waals surface area contributed by atoms with Gasteiger partial charge in [0.25, 0.3) is 10.0 Å². The van der Waals surface area contributed by atoms with Gasteiger partial charge in [-0.1, -0.05) is 24.3 Å². The van der Waals surface area contributed by atoms with Crippen molar-refractivity contribution in [2.45, 2.75) is 9.79 Å². The van der Waals surface area contributed by atoms with E-state index in [0.717, 1.165) is 6.07 Å². The van der Waals surface area contributed by atoms with Crippen LogP contribution in [0.15, 0.2) is 64.4 Å². The maximum absolute atomic E-state index is 12.1. The molecular weight excluding hydrogens is 300 g/mol. The molecule has 8 heteroatoms. The summed E-state index contributed by atoms with van der Waals surface area (Å²) >= 11 is 0. The average Bonchev–Trinajstić information content (AvgIpc) is 2.38. The molecule has 106 valence electrons. The first-order valence-corrected chi connectivity index (χ1v) is 8.53. The summed E-state index contributed by atoms with van der Waals surface area (Å²) in [6.07, 6.45) is 0. The molecule has 0 heterocycles. The normalized spacial score (nSPS) is 12.1. The summed E-state index contributed by atoms with van der Waals surface area (Å²) in [5.74, 6) is 0. The Kier molecular flexibility index (Phi) is 3.80. The maximum Gasteiger partial charge on any atom is 0.261 e. The quantitative estimate of drug-likeness (QED) is 0.882. The van der Waals surface area contributed by atoms with Crippen molar-refractivity contribution in [3.05, 3.63) is 54.6 Å². The minimum atomic E-state index is -3.88. The van der Waals surface area contributed by atoms with Gasteiger partial charge in [0, 0.05) is 0 Å². The van der Waals surface area contributed by atoms with E-state index in [1.165, 1.54) is 30.3 Å². The lowest BCUT2D eigenvalue weighted by molar-refractivity contribution is 0.596. The molecule has 0 bridgehead atoms. The Bertz CT molecular complexity index is 816. The first-order valence-electron chi connectivity index (χ1n) is 5.50. The Hall–Kier alpha value is -1.90. The van der Waals surface area contributed by atoms with Gasteiger partial charge >= 0.3 is 0 Å². The molecule has 0 aliphatic rings. The van der Waals surface area contributed by atoms with Gasteiger partial charge in [0.15, 0.2) is 0 Å². The van der Waals surface area contributed by atoms with E-state index in [0.29, 0.717) is 0 Å². The average molecular weight is 312 g/mol. The van der Waals surface area contributed by atoms with Crippen molar-refractivity contribution in [3.8, 4) is 0 Å². The largest absolute Gasteiger partial charge is 0.280 e. The van der Waals surface area contributed by atoms with Crippen molar-refractivity contribution < 1.29 is 16.8 Å². The predicted molar refractivity (Wildman–Crippen MR) is 75.1 cm³/mol. The SMILES string of the molecule is NS(=O)(=O)c1cccc(NS(=O)(=O)c2ccccc2)c1. The van der Waals surface area contributed by atoms with Crippen LogP contribution in [0.2, 0.25) is 0 Å². The van der Waals surface area contributed by atoms with Crippen molar-refractivity contribution in [3.63, 3.8) is 0 Å². The molecule has 0 saturated heterocycles. The second-order valence-corrected chi connectivity index (χ2v) is 7.24. The monoisotopic (exact) mass is 312 g/mol. The zero-order valence-corrected chi connectivity index (χ0v) is 11.9. The fourth-order valence-corrected chi connectivity index (χ4v) is 3.18. The molecule has 2 aromatic carbocycles. The molecule has 0 aliphatic heterocycles. The summed E-state index contributed by atoms with van der Waals surface area (Å²) < 4.78 is 48.9. The number of nitrogens with one attached hydrogen (secondary N) is 1. The van der Waals surface area contributed by atoms with Crippen LogP contribution in [0.3, 0.4) is 0 Å². The third-order valence-corrected chi connectivity index (χ3v) is 4.78. The van der Waals surface area contributed by atoms with Crippen LogP contribution in [0.25, 0.3) is 0 Å². The zero-order chi connectivity index (χ0) is 14.8. The molecule has 0 saturated carbocycles. The van der Waals surface area contributed by atoms with Gasteiger partial charge in [-0.15, -0.1) is 0 Å². The highest BCUT2D eigenvalue weighted by atomic mass is 32.2. The van der Waals surface area contributed by atoms with E-state index < -0.39 is 20.0 Å². The van der Waals surface area contributed by atoms with Crippen molar-refractivity contribution in [1.82, 2.24) is 0 Å². The highest BCUT2D eigenvalue weighted by Gasteiger charge is 2.15. The van der Waals surface area contributed by atoms with Crippen LogP contribution < -0.4 is 9.86 Å². The molecule has 20 heavy (non-hydrogen) atoms. The van der Waals surface area contributed by atoms with Gasteiger partial charge in [-0.3, -0.25) is 4.72 Å². The number of hydrogen-bond acceptors (Lipinski definition) is 4. The lowest BCUT2D eigenvalue weighted by atomic mass is 10.3. The van der Waals surface area contributed by atoms with Crippen LogP contribution in [0.1, 0.15) is 0 Å². The molecule has 6 nitrogen and oxygen atoms in total. The Labute approximate surface area is 117 Å². The van der Waals surface area contributed by atoms with Crippen molar-refractivity contribution in [1.29, 1.82) is 0 Å². The smallest absolute Gasteiger partial charge is 0.261 e. The molecule has 0 amide bonds. The number of benzene rings is 2. The van der Waals surface area contributed by atoms with Crippen LogP contribution in [0, 0.1) is 0 Å². The van der Waals surface area contributed by atoms with Crippen LogP contribution in [0.5, 0.6) is 0 Å². The highest BCUT2D eigenvalue weighted by Crippen LogP contribution is 2.18. The maximum atomic E-state index is 12.1. The molecule has 3 N–H and O–H groups in total. The third kappa shape index (κ3) is 3.35. The van der Waals surface area contributed by atoms with Crippen molar-refractivity contribution in [2.75, 3.05) is 4.72 Å².